The van der Waals surface area contributed by atoms with Crippen LogP contribution in [-0.2, 0) is 11.2 Å². The Kier molecular flexibility index (Phi) is 3.90. The number of rotatable bonds is 4. The summed E-state index contributed by atoms with van der Waals surface area (Å²) in [4.78, 5) is 8.39. The van der Waals surface area contributed by atoms with Crippen molar-refractivity contribution in [2.45, 2.75) is 49.3 Å². The van der Waals surface area contributed by atoms with Gasteiger partial charge in [0.2, 0.25) is 5.88 Å². The van der Waals surface area contributed by atoms with Crippen LogP contribution in [0.5, 0.6) is 5.88 Å². The van der Waals surface area contributed by atoms with Gasteiger partial charge in [0.15, 0.2) is 0 Å². The second-order valence-electron chi connectivity index (χ2n) is 7.24. The molecule has 3 fully saturated rings. The maximum atomic E-state index is 14.5. The summed E-state index contributed by atoms with van der Waals surface area (Å²) < 4.78 is 25.5. The monoisotopic (exact) mass is 347 g/mol. The van der Waals surface area contributed by atoms with Crippen molar-refractivity contribution >= 4 is 11.0 Å². The zero-order valence-electron chi connectivity index (χ0n) is 14.2. The minimum absolute atomic E-state index is 0.114. The first kappa shape index (κ1) is 16.6. The van der Waals surface area contributed by atoms with E-state index in [1.54, 1.807) is 12.1 Å². The third-order valence-corrected chi connectivity index (χ3v) is 5.69. The fourth-order valence-corrected chi connectivity index (χ4v) is 3.94. The van der Waals surface area contributed by atoms with Crippen molar-refractivity contribution in [3.05, 3.63) is 29.7 Å². The van der Waals surface area contributed by atoms with Gasteiger partial charge in [0.05, 0.1) is 42.7 Å². The highest BCUT2D eigenvalue weighted by Crippen LogP contribution is 2.45. The zero-order chi connectivity index (χ0) is 17.7. The van der Waals surface area contributed by atoms with Gasteiger partial charge in [-0.05, 0) is 31.7 Å². The summed E-state index contributed by atoms with van der Waals surface area (Å²) in [5.41, 5.74) is 6.63. The Morgan fingerprint density at radius 1 is 1.36 bits per heavy atom. The Hall–Kier alpha value is -1.83. The number of aliphatic hydroxyl groups is 1. The number of nitrogens with two attached hydrogens (primary N) is 1. The number of pyridine rings is 2. The Morgan fingerprint density at radius 3 is 2.76 bits per heavy atom. The van der Waals surface area contributed by atoms with Crippen LogP contribution in [0.25, 0.3) is 11.0 Å². The van der Waals surface area contributed by atoms with Crippen LogP contribution in [-0.4, -0.2) is 46.0 Å². The minimum atomic E-state index is -0.828. The van der Waals surface area contributed by atoms with Gasteiger partial charge < -0.3 is 20.3 Å². The lowest BCUT2D eigenvalue weighted by Gasteiger charge is -2.53. The van der Waals surface area contributed by atoms with Crippen LogP contribution in [0, 0.1) is 5.82 Å². The van der Waals surface area contributed by atoms with Crippen LogP contribution in [0.4, 0.5) is 4.39 Å². The van der Waals surface area contributed by atoms with Crippen LogP contribution >= 0.6 is 0 Å². The van der Waals surface area contributed by atoms with E-state index in [4.69, 9.17) is 15.2 Å². The molecule has 1 atom stereocenters. The fourth-order valence-electron chi connectivity index (χ4n) is 3.94. The van der Waals surface area contributed by atoms with Crippen molar-refractivity contribution in [3.63, 3.8) is 0 Å². The Balaban J connectivity index is 1.67. The van der Waals surface area contributed by atoms with Gasteiger partial charge in [-0.2, -0.15) is 0 Å². The van der Waals surface area contributed by atoms with Gasteiger partial charge >= 0.3 is 0 Å². The molecule has 4 heterocycles. The topological polar surface area (TPSA) is 90.5 Å². The highest BCUT2D eigenvalue weighted by molar-refractivity contribution is 5.78. The molecule has 0 spiro atoms. The third kappa shape index (κ3) is 2.76. The summed E-state index contributed by atoms with van der Waals surface area (Å²) in [6.07, 6.45) is 3.46. The van der Waals surface area contributed by atoms with Gasteiger partial charge in [-0.3, -0.25) is 4.98 Å². The van der Waals surface area contributed by atoms with Gasteiger partial charge in [0.25, 0.3) is 0 Å². The number of methoxy groups -OCH3 is 1. The predicted octanol–water partition coefficient (Wildman–Crippen LogP) is 1.72. The fraction of sp³-hybridized carbons (Fsp3) is 0.556. The summed E-state index contributed by atoms with van der Waals surface area (Å²) in [5, 5.41) is 10.9. The van der Waals surface area contributed by atoms with Crippen molar-refractivity contribution in [3.8, 4) is 5.88 Å². The highest BCUT2D eigenvalue weighted by Gasteiger charge is 2.51. The highest BCUT2D eigenvalue weighted by atomic mass is 19.1. The Morgan fingerprint density at radius 2 is 2.12 bits per heavy atom. The van der Waals surface area contributed by atoms with Crippen molar-refractivity contribution in [2.75, 3.05) is 13.7 Å². The van der Waals surface area contributed by atoms with Gasteiger partial charge in [0.1, 0.15) is 5.82 Å². The van der Waals surface area contributed by atoms with Crippen molar-refractivity contribution in [1.29, 1.82) is 0 Å². The Bertz CT molecular complexity index is 789. The van der Waals surface area contributed by atoms with E-state index < -0.39 is 17.5 Å². The molecule has 0 aromatic carbocycles. The molecular formula is C18H22FN3O3. The van der Waals surface area contributed by atoms with E-state index in [1.807, 2.05) is 0 Å². The predicted molar refractivity (Wildman–Crippen MR) is 89.8 cm³/mol. The SMILES string of the molecule is COc1ccc2ncc(F)c(C[C@H](O)C34CCC(N)(CC3)CO4)c2n1. The molecule has 2 aliphatic heterocycles. The number of hydrogen-bond donors (Lipinski definition) is 2. The third-order valence-electron chi connectivity index (χ3n) is 5.69. The van der Waals surface area contributed by atoms with E-state index in [9.17, 15) is 9.50 Å². The molecule has 3 aliphatic rings. The second kappa shape index (κ2) is 5.86. The van der Waals surface area contributed by atoms with E-state index in [2.05, 4.69) is 9.97 Å². The molecule has 2 bridgehead atoms. The number of halogens is 1. The van der Waals surface area contributed by atoms with Crippen LogP contribution < -0.4 is 10.5 Å². The van der Waals surface area contributed by atoms with E-state index in [0.717, 1.165) is 12.8 Å². The smallest absolute Gasteiger partial charge is 0.213 e. The second-order valence-corrected chi connectivity index (χ2v) is 7.24. The quantitative estimate of drug-likeness (QED) is 0.875. The number of fused-ring (bicyclic) bond motifs is 4. The number of aliphatic hydroxyl groups excluding tert-OH is 1. The summed E-state index contributed by atoms with van der Waals surface area (Å²) in [6.45, 7) is 0.440. The van der Waals surface area contributed by atoms with Crippen LogP contribution in [0.2, 0.25) is 0 Å². The van der Waals surface area contributed by atoms with E-state index in [1.165, 1.54) is 13.3 Å². The standard InChI is InChI=1S/C18H22FN3O3/c1-24-15-3-2-13-16(22-15)11(12(19)9-21-13)8-14(23)18-6-4-17(20,5-7-18)10-25-18/h2-3,9,14,23H,4-8,10,20H2,1H3/t14-,17?,18?/m0/s1. The molecule has 0 unspecified atom stereocenters. The van der Waals surface area contributed by atoms with Crippen molar-refractivity contribution < 1.29 is 19.0 Å². The molecule has 0 amide bonds. The lowest BCUT2D eigenvalue weighted by atomic mass is 9.68. The molecule has 5 rings (SSSR count). The largest absolute Gasteiger partial charge is 0.481 e. The molecule has 1 saturated carbocycles. The summed E-state index contributed by atoms with van der Waals surface area (Å²) in [5.74, 6) is -0.100. The first-order chi connectivity index (χ1) is 11.9. The molecule has 25 heavy (non-hydrogen) atoms. The van der Waals surface area contributed by atoms with E-state index >= 15 is 0 Å². The zero-order valence-corrected chi connectivity index (χ0v) is 14.2. The van der Waals surface area contributed by atoms with Crippen molar-refractivity contribution in [2.24, 2.45) is 5.73 Å². The molecule has 7 heteroatoms. The molecule has 134 valence electrons. The molecule has 6 nitrogen and oxygen atoms in total. The Labute approximate surface area is 145 Å². The lowest BCUT2D eigenvalue weighted by Crippen LogP contribution is -2.63. The summed E-state index contributed by atoms with van der Waals surface area (Å²) in [6, 6.07) is 3.41. The minimum Gasteiger partial charge on any atom is -0.481 e. The average molecular weight is 347 g/mol. The van der Waals surface area contributed by atoms with Crippen LogP contribution in [0.15, 0.2) is 18.3 Å². The number of hydrogen-bond acceptors (Lipinski definition) is 6. The van der Waals surface area contributed by atoms with Gasteiger partial charge in [0, 0.05) is 23.6 Å². The van der Waals surface area contributed by atoms with Gasteiger partial charge in [-0.1, -0.05) is 0 Å². The first-order valence-electron chi connectivity index (χ1n) is 8.54. The molecule has 2 saturated heterocycles. The number of aromatic nitrogens is 2. The molecular weight excluding hydrogens is 325 g/mol. The summed E-state index contributed by atoms with van der Waals surface area (Å²) in [7, 11) is 1.51. The van der Waals surface area contributed by atoms with E-state index in [-0.39, 0.29) is 12.0 Å². The average Bonchev–Trinajstić information content (AvgIpc) is 2.64. The maximum Gasteiger partial charge on any atom is 0.213 e. The van der Waals surface area contributed by atoms with E-state index in [0.29, 0.717) is 41.9 Å². The molecule has 0 radical (unpaired) electrons. The van der Waals surface area contributed by atoms with Crippen LogP contribution in [0.1, 0.15) is 31.2 Å². The molecule has 3 N–H and O–H groups in total. The molecule has 1 aliphatic carbocycles. The van der Waals surface area contributed by atoms with Crippen molar-refractivity contribution in [1.82, 2.24) is 9.97 Å². The first-order valence-corrected chi connectivity index (χ1v) is 8.54. The molecule has 2 aromatic heterocycles. The van der Waals surface area contributed by atoms with Gasteiger partial charge in [-0.25, -0.2) is 9.37 Å². The number of nitrogens with zero attached hydrogens (tertiary/aromatic N) is 2. The van der Waals surface area contributed by atoms with Crippen LogP contribution in [0.3, 0.4) is 0 Å². The lowest BCUT2D eigenvalue weighted by molar-refractivity contribution is -0.201. The molecule has 2 aromatic rings. The maximum absolute atomic E-state index is 14.5. The summed E-state index contributed by atoms with van der Waals surface area (Å²) >= 11 is 0. The number of ether oxygens (including phenoxy) is 2. The normalized spacial score (nSPS) is 29.8. The van der Waals surface area contributed by atoms with Gasteiger partial charge in [-0.15, -0.1) is 0 Å².